The molecule has 0 saturated carbocycles. The lowest BCUT2D eigenvalue weighted by molar-refractivity contribution is 0.414. The lowest BCUT2D eigenvalue weighted by atomic mass is 10.2. The molecule has 0 N–H and O–H groups in total. The van der Waals surface area contributed by atoms with E-state index in [1.54, 1.807) is 24.9 Å². The number of thioether (sulfide) groups is 1. The number of hydrogen-bond acceptors (Lipinski definition) is 7. The number of methoxy groups -OCH3 is 1. The van der Waals surface area contributed by atoms with Crippen LogP contribution in [-0.2, 0) is 0 Å². The molecule has 1 aromatic carbocycles. The normalized spacial score (nSPS) is 14.1. The highest BCUT2D eigenvalue weighted by Crippen LogP contribution is 2.47. The second-order valence-electron chi connectivity index (χ2n) is 4.98. The summed E-state index contributed by atoms with van der Waals surface area (Å²) in [5.41, 5.74) is 1.28. The number of nitrogens with zero attached hydrogens (tertiary/aromatic N) is 5. The predicted molar refractivity (Wildman–Crippen MR) is 96.3 cm³/mol. The van der Waals surface area contributed by atoms with Crippen molar-refractivity contribution in [3.8, 4) is 17.9 Å². The lowest BCUT2D eigenvalue weighted by Gasteiger charge is -2.18. The molecule has 0 unspecified atom stereocenters. The summed E-state index contributed by atoms with van der Waals surface area (Å²) in [6, 6.07) is 9.57. The summed E-state index contributed by atoms with van der Waals surface area (Å²) in [6.07, 6.45) is 1.78. The average molecular weight is 370 g/mol. The van der Waals surface area contributed by atoms with Crippen LogP contribution >= 0.6 is 23.4 Å². The van der Waals surface area contributed by atoms with Crippen LogP contribution in [0.3, 0.4) is 0 Å². The zero-order valence-corrected chi connectivity index (χ0v) is 15.0. The number of hydrogen-bond donors (Lipinski definition) is 0. The molecule has 0 atom stereocenters. The fraction of sp³-hybridized carbons (Fsp3) is 0.176. The maximum absolute atomic E-state index is 9.13. The largest absolute Gasteiger partial charge is 0.497 e. The third-order valence-corrected chi connectivity index (χ3v) is 4.99. The first-order valence-corrected chi connectivity index (χ1v) is 8.53. The van der Waals surface area contributed by atoms with Gasteiger partial charge in [0.1, 0.15) is 23.6 Å². The molecular formula is C17H12ClN5OS. The Balaban J connectivity index is 2.06. The molecular weight excluding hydrogens is 358 g/mol. The summed E-state index contributed by atoms with van der Waals surface area (Å²) in [6.45, 7) is 2.78. The minimum Gasteiger partial charge on any atom is -0.497 e. The van der Waals surface area contributed by atoms with Gasteiger partial charge < -0.3 is 9.64 Å². The summed E-state index contributed by atoms with van der Waals surface area (Å²) in [5, 5.41) is 19.1. The maximum Gasteiger partial charge on any atom is 0.178 e. The molecule has 0 saturated heterocycles. The van der Waals surface area contributed by atoms with Crippen molar-refractivity contribution in [2.24, 2.45) is 0 Å². The van der Waals surface area contributed by atoms with E-state index in [0.29, 0.717) is 5.69 Å². The summed E-state index contributed by atoms with van der Waals surface area (Å²) in [4.78, 5) is 11.3. The Morgan fingerprint density at radius 3 is 2.64 bits per heavy atom. The maximum atomic E-state index is 9.13. The van der Waals surface area contributed by atoms with Crippen LogP contribution in [0.5, 0.6) is 5.75 Å². The van der Waals surface area contributed by atoms with E-state index >= 15 is 0 Å². The summed E-state index contributed by atoms with van der Waals surface area (Å²) < 4.78 is 5.30. The highest BCUT2D eigenvalue weighted by molar-refractivity contribution is 8.03. The van der Waals surface area contributed by atoms with E-state index in [9.17, 15) is 0 Å². The second kappa shape index (κ2) is 7.02. The standard InChI is InChI=1S/C17H12ClN5OS/c1-3-23-14-6-10(24-2)4-5-15(14)25-16(23)7-11-17(18)22-13(9-20)12(8-19)21-11/h4-7H,3H2,1-2H3/b16-7-. The van der Waals surface area contributed by atoms with Crippen molar-refractivity contribution >= 4 is 35.1 Å². The van der Waals surface area contributed by atoms with Gasteiger partial charge in [-0.05, 0) is 25.1 Å². The van der Waals surface area contributed by atoms with Gasteiger partial charge in [0.25, 0.3) is 0 Å². The van der Waals surface area contributed by atoms with Crippen molar-refractivity contribution in [1.29, 1.82) is 10.5 Å². The van der Waals surface area contributed by atoms with Gasteiger partial charge in [0.15, 0.2) is 16.5 Å². The molecule has 3 rings (SSSR count). The number of ether oxygens (including phenoxy) is 1. The number of aromatic nitrogens is 2. The van der Waals surface area contributed by atoms with Gasteiger partial charge in [0.05, 0.1) is 17.8 Å². The minimum atomic E-state index is -0.0749. The molecule has 1 aliphatic heterocycles. The highest BCUT2D eigenvalue weighted by atomic mass is 35.5. The lowest BCUT2D eigenvalue weighted by Crippen LogP contribution is -2.16. The van der Waals surface area contributed by atoms with Crippen molar-refractivity contribution in [2.75, 3.05) is 18.6 Å². The van der Waals surface area contributed by atoms with Crippen molar-refractivity contribution in [1.82, 2.24) is 9.97 Å². The molecule has 1 aliphatic rings. The van der Waals surface area contributed by atoms with Crippen LogP contribution in [0.15, 0.2) is 28.1 Å². The molecule has 6 nitrogen and oxygen atoms in total. The molecule has 0 bridgehead atoms. The quantitative estimate of drug-likeness (QED) is 0.812. The van der Waals surface area contributed by atoms with Crippen molar-refractivity contribution < 1.29 is 4.74 Å². The minimum absolute atomic E-state index is 0.0380. The second-order valence-corrected chi connectivity index (χ2v) is 6.40. The number of rotatable bonds is 3. The van der Waals surface area contributed by atoms with Gasteiger partial charge in [-0.25, -0.2) is 9.97 Å². The van der Waals surface area contributed by atoms with Crippen LogP contribution in [0.1, 0.15) is 24.0 Å². The van der Waals surface area contributed by atoms with E-state index in [1.165, 1.54) is 0 Å². The van der Waals surface area contributed by atoms with Crippen LogP contribution in [0.4, 0.5) is 5.69 Å². The average Bonchev–Trinajstić information content (AvgIpc) is 2.98. The zero-order valence-electron chi connectivity index (χ0n) is 13.4. The van der Waals surface area contributed by atoms with Gasteiger partial charge in [-0.3, -0.25) is 0 Å². The smallest absolute Gasteiger partial charge is 0.178 e. The topological polar surface area (TPSA) is 85.8 Å². The summed E-state index contributed by atoms with van der Waals surface area (Å²) in [5.74, 6) is 0.780. The molecule has 0 amide bonds. The number of anilines is 1. The molecule has 1 aromatic heterocycles. The van der Waals surface area contributed by atoms with Crippen LogP contribution in [0.2, 0.25) is 5.15 Å². The van der Waals surface area contributed by atoms with E-state index in [-0.39, 0.29) is 16.5 Å². The molecule has 2 aromatic rings. The molecule has 8 heteroatoms. The third-order valence-electron chi connectivity index (χ3n) is 3.60. The van der Waals surface area contributed by atoms with Gasteiger partial charge in [-0.2, -0.15) is 10.5 Å². The Bertz CT molecular complexity index is 961. The number of nitriles is 2. The Labute approximate surface area is 154 Å². The Morgan fingerprint density at radius 2 is 2.00 bits per heavy atom. The molecule has 0 fully saturated rings. The van der Waals surface area contributed by atoms with Crippen LogP contribution in [-0.4, -0.2) is 23.6 Å². The number of benzene rings is 1. The first-order chi connectivity index (χ1) is 12.1. The van der Waals surface area contributed by atoms with E-state index < -0.39 is 0 Å². The first kappa shape index (κ1) is 17.1. The van der Waals surface area contributed by atoms with Crippen molar-refractivity contribution in [3.63, 3.8) is 0 Å². The SMILES string of the molecule is CCN1/C(=C/c2nc(C#N)c(C#N)nc2Cl)Sc2ccc(OC)cc21. The van der Waals surface area contributed by atoms with E-state index in [0.717, 1.165) is 27.9 Å². The van der Waals surface area contributed by atoms with Gasteiger partial charge in [-0.1, -0.05) is 23.4 Å². The van der Waals surface area contributed by atoms with Gasteiger partial charge in [0, 0.05) is 17.5 Å². The Kier molecular flexibility index (Phi) is 4.80. The molecule has 0 spiro atoms. The van der Waals surface area contributed by atoms with Gasteiger partial charge >= 0.3 is 0 Å². The zero-order chi connectivity index (χ0) is 18.0. The molecule has 2 heterocycles. The van der Waals surface area contributed by atoms with E-state index in [2.05, 4.69) is 14.9 Å². The van der Waals surface area contributed by atoms with E-state index in [1.807, 2.05) is 37.3 Å². The molecule has 25 heavy (non-hydrogen) atoms. The predicted octanol–water partition coefficient (Wildman–Crippen LogP) is 3.81. The first-order valence-electron chi connectivity index (χ1n) is 7.34. The van der Waals surface area contributed by atoms with Crippen molar-refractivity contribution in [2.45, 2.75) is 11.8 Å². The Morgan fingerprint density at radius 1 is 1.28 bits per heavy atom. The van der Waals surface area contributed by atoms with E-state index in [4.69, 9.17) is 26.9 Å². The van der Waals surface area contributed by atoms with Crippen LogP contribution < -0.4 is 9.64 Å². The van der Waals surface area contributed by atoms with Gasteiger partial charge in [-0.15, -0.1) is 0 Å². The fourth-order valence-electron chi connectivity index (χ4n) is 2.43. The van der Waals surface area contributed by atoms with Gasteiger partial charge in [0.2, 0.25) is 0 Å². The summed E-state index contributed by atoms with van der Waals surface area (Å²) >= 11 is 7.71. The summed E-state index contributed by atoms with van der Waals surface area (Å²) in [7, 11) is 1.63. The number of halogens is 1. The Hall–Kier alpha value is -2.74. The van der Waals surface area contributed by atoms with Crippen LogP contribution in [0.25, 0.3) is 6.08 Å². The monoisotopic (exact) mass is 369 g/mol. The molecule has 124 valence electrons. The molecule has 0 aliphatic carbocycles. The molecule has 0 radical (unpaired) electrons. The van der Waals surface area contributed by atoms with Crippen molar-refractivity contribution in [3.05, 3.63) is 45.5 Å². The highest BCUT2D eigenvalue weighted by Gasteiger charge is 2.25. The third kappa shape index (κ3) is 3.12. The van der Waals surface area contributed by atoms with Crippen LogP contribution in [0, 0.1) is 22.7 Å². The number of fused-ring (bicyclic) bond motifs is 1. The fourth-order valence-corrected chi connectivity index (χ4v) is 3.76.